The number of carbonyl (C=O) groups excluding carboxylic acids is 1. The van der Waals surface area contributed by atoms with Crippen molar-refractivity contribution in [3.05, 3.63) is 23.2 Å². The van der Waals surface area contributed by atoms with Gasteiger partial charge in [-0.15, -0.1) is 0 Å². The van der Waals surface area contributed by atoms with Gasteiger partial charge in [-0.3, -0.25) is 9.00 Å². The fourth-order valence-corrected chi connectivity index (χ4v) is 2.47. The molecule has 0 fully saturated rings. The molecular weight excluding hydrogens is 260 g/mol. The van der Waals surface area contributed by atoms with E-state index in [2.05, 4.69) is 5.32 Å². The van der Waals surface area contributed by atoms with E-state index in [4.69, 9.17) is 17.3 Å². The quantitative estimate of drug-likeness (QED) is 0.807. The molecule has 17 heavy (non-hydrogen) atoms. The zero-order chi connectivity index (χ0) is 12.8. The van der Waals surface area contributed by atoms with Gasteiger partial charge >= 0.3 is 0 Å². The molecule has 0 saturated heterocycles. The minimum Gasteiger partial charge on any atom is -0.399 e. The number of amides is 1. The zero-order valence-corrected chi connectivity index (χ0v) is 11.1. The summed E-state index contributed by atoms with van der Waals surface area (Å²) < 4.78 is 11.4. The largest absolute Gasteiger partial charge is 0.399 e. The molecule has 0 radical (unpaired) electrons. The third-order valence-electron chi connectivity index (χ3n) is 1.99. The van der Waals surface area contributed by atoms with Crippen LogP contribution in [0.2, 0.25) is 5.02 Å². The third kappa shape index (κ3) is 4.75. The molecular formula is C11H15ClN2O2S. The highest BCUT2D eigenvalue weighted by atomic mass is 35.5. The van der Waals surface area contributed by atoms with E-state index in [-0.39, 0.29) is 11.7 Å². The average Bonchev–Trinajstić information content (AvgIpc) is 2.22. The van der Waals surface area contributed by atoms with Crippen molar-refractivity contribution in [3.8, 4) is 0 Å². The van der Waals surface area contributed by atoms with Gasteiger partial charge in [-0.2, -0.15) is 0 Å². The minimum atomic E-state index is -1.11. The highest BCUT2D eigenvalue weighted by Gasteiger charge is 2.09. The summed E-state index contributed by atoms with van der Waals surface area (Å²) in [4.78, 5) is 11.5. The molecule has 4 nitrogen and oxygen atoms in total. The number of carbonyl (C=O) groups is 1. The molecule has 1 amide bonds. The van der Waals surface area contributed by atoms with E-state index in [1.54, 1.807) is 18.2 Å². The molecule has 0 aliphatic heterocycles. The van der Waals surface area contributed by atoms with Gasteiger partial charge in [0, 0.05) is 22.2 Å². The van der Waals surface area contributed by atoms with Crippen LogP contribution in [-0.2, 0) is 15.6 Å². The van der Waals surface area contributed by atoms with Crippen LogP contribution in [0.1, 0.15) is 13.3 Å². The molecule has 0 aromatic heterocycles. The van der Waals surface area contributed by atoms with Gasteiger partial charge in [-0.1, -0.05) is 18.5 Å². The predicted octanol–water partition coefficient (Wildman–Crippen LogP) is 2.02. The summed E-state index contributed by atoms with van der Waals surface area (Å²) in [5.41, 5.74) is 6.55. The summed E-state index contributed by atoms with van der Waals surface area (Å²) in [5.74, 6) is 0.223. The van der Waals surface area contributed by atoms with E-state index < -0.39 is 10.8 Å². The lowest BCUT2D eigenvalue weighted by atomic mass is 10.3. The maximum absolute atomic E-state index is 11.5. The topological polar surface area (TPSA) is 72.2 Å². The Morgan fingerprint density at radius 3 is 2.82 bits per heavy atom. The molecule has 0 bridgehead atoms. The normalized spacial score (nSPS) is 12.1. The minimum absolute atomic E-state index is 0.00541. The number of benzene rings is 1. The smallest absolute Gasteiger partial charge is 0.237 e. The molecule has 0 aliphatic carbocycles. The van der Waals surface area contributed by atoms with Crippen molar-refractivity contribution in [3.63, 3.8) is 0 Å². The van der Waals surface area contributed by atoms with Gasteiger partial charge in [0.2, 0.25) is 5.91 Å². The lowest BCUT2D eigenvalue weighted by molar-refractivity contribution is -0.113. The molecule has 0 heterocycles. The number of nitrogen functional groups attached to an aromatic ring is 1. The zero-order valence-electron chi connectivity index (χ0n) is 9.53. The van der Waals surface area contributed by atoms with Gasteiger partial charge in [0.25, 0.3) is 0 Å². The van der Waals surface area contributed by atoms with Crippen LogP contribution in [0.5, 0.6) is 0 Å². The molecule has 94 valence electrons. The molecule has 1 atom stereocenters. The molecule has 3 N–H and O–H groups in total. The van der Waals surface area contributed by atoms with E-state index >= 15 is 0 Å². The van der Waals surface area contributed by atoms with E-state index in [1.165, 1.54) is 0 Å². The van der Waals surface area contributed by atoms with Crippen LogP contribution in [-0.4, -0.2) is 21.6 Å². The summed E-state index contributed by atoms with van der Waals surface area (Å²) in [6.07, 6.45) is 0.794. The number of hydrogen-bond donors (Lipinski definition) is 2. The van der Waals surface area contributed by atoms with Crippen molar-refractivity contribution in [2.24, 2.45) is 0 Å². The van der Waals surface area contributed by atoms with Gasteiger partial charge in [0.1, 0.15) is 5.75 Å². The van der Waals surface area contributed by atoms with Crippen molar-refractivity contribution < 1.29 is 9.00 Å². The summed E-state index contributed by atoms with van der Waals surface area (Å²) >= 11 is 5.90. The Balaban J connectivity index is 2.59. The van der Waals surface area contributed by atoms with Crippen molar-refractivity contribution >= 4 is 39.7 Å². The summed E-state index contributed by atoms with van der Waals surface area (Å²) in [6, 6.07) is 4.82. The lowest BCUT2D eigenvalue weighted by Crippen LogP contribution is -2.20. The van der Waals surface area contributed by atoms with Crippen LogP contribution < -0.4 is 11.1 Å². The number of halogens is 1. The number of nitrogens with one attached hydrogen (secondary N) is 1. The summed E-state index contributed by atoms with van der Waals surface area (Å²) in [5, 5.41) is 2.98. The molecule has 0 aliphatic rings. The number of nitrogens with two attached hydrogens (primary N) is 1. The third-order valence-corrected chi connectivity index (χ3v) is 3.75. The van der Waals surface area contributed by atoms with Crippen molar-refractivity contribution in [2.75, 3.05) is 22.6 Å². The van der Waals surface area contributed by atoms with E-state index in [1.807, 2.05) is 6.92 Å². The molecule has 0 spiro atoms. The molecule has 1 unspecified atom stereocenters. The van der Waals surface area contributed by atoms with Crippen molar-refractivity contribution in [2.45, 2.75) is 13.3 Å². The fourth-order valence-electron chi connectivity index (χ4n) is 1.27. The molecule has 1 aromatic carbocycles. The van der Waals surface area contributed by atoms with Gasteiger partial charge in [-0.05, 0) is 24.6 Å². The molecule has 1 rings (SSSR count). The second kappa shape index (κ2) is 6.61. The summed E-state index contributed by atoms with van der Waals surface area (Å²) in [6.45, 7) is 1.92. The molecule has 6 heteroatoms. The first-order valence-electron chi connectivity index (χ1n) is 5.22. The van der Waals surface area contributed by atoms with E-state index in [9.17, 15) is 9.00 Å². The maximum Gasteiger partial charge on any atom is 0.237 e. The molecule has 1 aromatic rings. The van der Waals surface area contributed by atoms with Gasteiger partial charge < -0.3 is 11.1 Å². The Hall–Kier alpha value is -1.07. The Labute approximate surface area is 108 Å². The lowest BCUT2D eigenvalue weighted by Gasteiger charge is -2.07. The second-order valence-electron chi connectivity index (χ2n) is 3.58. The highest BCUT2D eigenvalue weighted by molar-refractivity contribution is 7.85. The standard InChI is InChI=1S/C11H15ClN2O2S/c1-2-5-17(16)7-11(15)14-10-4-3-8(13)6-9(10)12/h3-4,6H,2,5,7,13H2,1H3,(H,14,15). The first kappa shape index (κ1) is 14.0. The molecule has 0 saturated carbocycles. The van der Waals surface area contributed by atoms with Gasteiger partial charge in [0.15, 0.2) is 0 Å². The Bertz CT molecular complexity index is 437. The van der Waals surface area contributed by atoms with Crippen LogP contribution in [0.4, 0.5) is 11.4 Å². The van der Waals surface area contributed by atoms with Crippen LogP contribution in [0.3, 0.4) is 0 Å². The van der Waals surface area contributed by atoms with Crippen LogP contribution in [0, 0.1) is 0 Å². The van der Waals surface area contributed by atoms with Gasteiger partial charge in [-0.25, -0.2) is 0 Å². The number of anilines is 2. The van der Waals surface area contributed by atoms with Crippen LogP contribution in [0.25, 0.3) is 0 Å². The first-order valence-corrected chi connectivity index (χ1v) is 7.09. The Morgan fingerprint density at radius 1 is 1.53 bits per heavy atom. The van der Waals surface area contributed by atoms with E-state index in [0.717, 1.165) is 6.42 Å². The van der Waals surface area contributed by atoms with Crippen LogP contribution in [0.15, 0.2) is 18.2 Å². The predicted molar refractivity (Wildman–Crippen MR) is 72.7 cm³/mol. The maximum atomic E-state index is 11.5. The monoisotopic (exact) mass is 274 g/mol. The average molecular weight is 275 g/mol. The van der Waals surface area contributed by atoms with Gasteiger partial charge in [0.05, 0.1) is 10.7 Å². The Morgan fingerprint density at radius 2 is 2.24 bits per heavy atom. The summed E-state index contributed by atoms with van der Waals surface area (Å²) in [7, 11) is -1.11. The second-order valence-corrected chi connectivity index (χ2v) is 5.56. The SMILES string of the molecule is CCCS(=O)CC(=O)Nc1ccc(N)cc1Cl. The highest BCUT2D eigenvalue weighted by Crippen LogP contribution is 2.23. The van der Waals surface area contributed by atoms with E-state index in [0.29, 0.717) is 22.2 Å². The van der Waals surface area contributed by atoms with Crippen molar-refractivity contribution in [1.82, 2.24) is 0 Å². The number of rotatable bonds is 5. The van der Waals surface area contributed by atoms with Crippen molar-refractivity contribution in [1.29, 1.82) is 0 Å². The first-order chi connectivity index (χ1) is 8.02. The van der Waals surface area contributed by atoms with Crippen LogP contribution >= 0.6 is 11.6 Å². The number of hydrogen-bond acceptors (Lipinski definition) is 3. The Kier molecular flexibility index (Phi) is 5.44. The fraction of sp³-hybridized carbons (Fsp3) is 0.364.